The van der Waals surface area contributed by atoms with Crippen LogP contribution in [0.15, 0.2) is 60.8 Å². The van der Waals surface area contributed by atoms with Crippen molar-refractivity contribution in [1.29, 1.82) is 0 Å². The van der Waals surface area contributed by atoms with Crippen molar-refractivity contribution in [2.24, 2.45) is 5.92 Å². The summed E-state index contributed by atoms with van der Waals surface area (Å²) in [7, 11) is 0. The van der Waals surface area contributed by atoms with Gasteiger partial charge in [-0.3, -0.25) is 14.7 Å². The molecule has 1 atom stereocenters. The molecule has 1 aliphatic rings. The zero-order valence-corrected chi connectivity index (χ0v) is 24.2. The molecule has 0 saturated heterocycles. The third-order valence-electron chi connectivity index (χ3n) is 6.95. The van der Waals surface area contributed by atoms with Gasteiger partial charge in [0.25, 0.3) is 0 Å². The van der Waals surface area contributed by atoms with E-state index in [0.717, 1.165) is 42.2 Å². The molecule has 0 radical (unpaired) electrons. The fourth-order valence-corrected chi connectivity index (χ4v) is 4.63. The molecule has 1 unspecified atom stereocenters. The number of aryl methyl sites for hydroxylation is 1. The lowest BCUT2D eigenvalue weighted by Gasteiger charge is -2.19. The normalized spacial score (nSPS) is 13.8. The summed E-state index contributed by atoms with van der Waals surface area (Å²) >= 11 is 0. The van der Waals surface area contributed by atoms with Crippen molar-refractivity contribution < 1.29 is 9.59 Å². The molecule has 1 fully saturated rings. The number of nitrogens with one attached hydrogen (secondary N) is 2. The maximum Gasteiger partial charge on any atom is 0.249 e. The number of hydrogen-bond acceptors (Lipinski definition) is 5. The molecule has 1 aliphatic carbocycles. The first kappa shape index (κ1) is 30.0. The van der Waals surface area contributed by atoms with Gasteiger partial charge in [0, 0.05) is 41.9 Å². The molecule has 1 aromatic carbocycles. The molecular formula is C32H43N5O2. The van der Waals surface area contributed by atoms with Gasteiger partial charge in [-0.05, 0) is 75.0 Å². The summed E-state index contributed by atoms with van der Waals surface area (Å²) in [5, 5.41) is 9.88. The van der Waals surface area contributed by atoms with Gasteiger partial charge < -0.3 is 10.2 Å². The van der Waals surface area contributed by atoms with Crippen molar-refractivity contribution in [2.75, 3.05) is 25.0 Å². The number of anilines is 1. The third-order valence-corrected chi connectivity index (χ3v) is 6.95. The molecular weight excluding hydrogens is 486 g/mol. The number of Topliss-reactive ketones (excluding diaryl/α,β-unsaturated/α-hetero) is 1. The lowest BCUT2D eigenvalue weighted by molar-refractivity contribution is -0.119. The average Bonchev–Trinajstić information content (AvgIpc) is 3.67. The molecule has 4 rings (SSSR count). The molecule has 0 spiro atoms. The van der Waals surface area contributed by atoms with E-state index >= 15 is 0 Å². The summed E-state index contributed by atoms with van der Waals surface area (Å²) < 4.78 is 0. The lowest BCUT2D eigenvalue weighted by atomic mass is 9.84. The van der Waals surface area contributed by atoms with Crippen LogP contribution in [0.3, 0.4) is 0 Å². The third kappa shape index (κ3) is 9.29. The summed E-state index contributed by atoms with van der Waals surface area (Å²) in [5.41, 5.74) is 5.40. The van der Waals surface area contributed by atoms with Crippen LogP contribution >= 0.6 is 0 Å². The van der Waals surface area contributed by atoms with E-state index in [2.05, 4.69) is 65.2 Å². The number of carbonyl (C=O) groups is 2. The predicted molar refractivity (Wildman–Crippen MR) is 159 cm³/mol. The van der Waals surface area contributed by atoms with E-state index in [1.165, 1.54) is 24.2 Å². The van der Waals surface area contributed by atoms with Gasteiger partial charge >= 0.3 is 0 Å². The van der Waals surface area contributed by atoms with Gasteiger partial charge in [0.2, 0.25) is 5.91 Å². The number of likely N-dealkylation sites (N-methyl/N-ethyl adjacent to an activating group) is 1. The van der Waals surface area contributed by atoms with Crippen LogP contribution in [0.25, 0.3) is 11.1 Å². The Bertz CT molecular complexity index is 1240. The molecule has 1 saturated carbocycles. The zero-order valence-electron chi connectivity index (χ0n) is 24.2. The Morgan fingerprint density at radius 2 is 1.85 bits per heavy atom. The largest absolute Gasteiger partial charge is 0.307 e. The molecule has 1 amide bonds. The molecule has 2 N–H and O–H groups in total. The van der Waals surface area contributed by atoms with Gasteiger partial charge in [-0.15, -0.1) is 0 Å². The standard InChI is InChI=1S/C25H33N3O2.C7H10N2/c1-6-28(7-2)15-9-12-24(30)27-23-14-13-22(17-26-23)20-10-8-11-21(16-20)25(18(3)4)19(5)29;1-5-4-7(9-8-5)6-2-3-6/h8-14,16-18,25H,6-7,15H2,1-5H3,(H,26,27,30);4,6H,2-3H2,1H3,(H,8,9)/b12-9+;. The van der Waals surface area contributed by atoms with E-state index in [9.17, 15) is 9.59 Å². The van der Waals surface area contributed by atoms with Crippen LogP contribution in [0.1, 0.15) is 76.2 Å². The van der Waals surface area contributed by atoms with Crippen LogP contribution in [0.4, 0.5) is 5.82 Å². The van der Waals surface area contributed by atoms with Gasteiger partial charge in [-0.2, -0.15) is 5.10 Å². The first-order chi connectivity index (χ1) is 18.7. The number of carbonyl (C=O) groups excluding carboxylic acids is 2. The number of nitrogens with zero attached hydrogens (tertiary/aromatic N) is 3. The Morgan fingerprint density at radius 3 is 2.38 bits per heavy atom. The molecule has 0 bridgehead atoms. The Kier molecular flexibility index (Phi) is 11.2. The highest BCUT2D eigenvalue weighted by atomic mass is 16.1. The SMILES string of the molecule is CCN(CC)C/C=C/C(=O)Nc1ccc(-c2cccc(C(C(C)=O)C(C)C)c2)cn1.Cc1cc(C2CC2)n[nH]1. The topological polar surface area (TPSA) is 91.0 Å². The fourth-order valence-electron chi connectivity index (χ4n) is 4.63. The number of ketones is 1. The fraction of sp³-hybridized carbons (Fsp3) is 0.438. The van der Waals surface area contributed by atoms with E-state index in [4.69, 9.17) is 0 Å². The van der Waals surface area contributed by atoms with E-state index in [-0.39, 0.29) is 23.5 Å². The smallest absolute Gasteiger partial charge is 0.249 e. The number of amides is 1. The summed E-state index contributed by atoms with van der Waals surface area (Å²) in [6.07, 6.45) is 7.83. The molecule has 2 heterocycles. The van der Waals surface area contributed by atoms with Crippen molar-refractivity contribution in [1.82, 2.24) is 20.1 Å². The van der Waals surface area contributed by atoms with Crippen molar-refractivity contribution in [2.45, 2.75) is 66.2 Å². The van der Waals surface area contributed by atoms with E-state index in [1.807, 2.05) is 37.3 Å². The quantitative estimate of drug-likeness (QED) is 0.276. The summed E-state index contributed by atoms with van der Waals surface area (Å²) in [6, 6.07) is 13.9. The Hall–Kier alpha value is -3.58. The molecule has 39 heavy (non-hydrogen) atoms. The van der Waals surface area contributed by atoms with Crippen LogP contribution < -0.4 is 5.32 Å². The maximum atomic E-state index is 12.1. The van der Waals surface area contributed by atoms with Crippen LogP contribution in [-0.4, -0.2) is 51.4 Å². The number of benzene rings is 1. The zero-order chi connectivity index (χ0) is 28.4. The summed E-state index contributed by atoms with van der Waals surface area (Å²) in [4.78, 5) is 30.7. The number of aromatic amines is 1. The van der Waals surface area contributed by atoms with Crippen molar-refractivity contribution in [3.63, 3.8) is 0 Å². The van der Waals surface area contributed by atoms with Crippen LogP contribution in [-0.2, 0) is 9.59 Å². The highest BCUT2D eigenvalue weighted by Gasteiger charge is 2.25. The highest BCUT2D eigenvalue weighted by molar-refractivity contribution is 5.98. The van der Waals surface area contributed by atoms with Crippen molar-refractivity contribution >= 4 is 17.5 Å². The number of pyridine rings is 1. The molecule has 208 valence electrons. The van der Waals surface area contributed by atoms with E-state index in [0.29, 0.717) is 5.82 Å². The van der Waals surface area contributed by atoms with Crippen LogP contribution in [0, 0.1) is 12.8 Å². The van der Waals surface area contributed by atoms with Gasteiger partial charge in [-0.1, -0.05) is 58.0 Å². The first-order valence-corrected chi connectivity index (χ1v) is 14.0. The molecule has 7 nitrogen and oxygen atoms in total. The molecule has 7 heteroatoms. The highest BCUT2D eigenvalue weighted by Crippen LogP contribution is 2.38. The first-order valence-electron chi connectivity index (χ1n) is 14.0. The van der Waals surface area contributed by atoms with Gasteiger partial charge in [0.05, 0.1) is 5.69 Å². The Labute approximate surface area is 233 Å². The minimum Gasteiger partial charge on any atom is -0.307 e. The van der Waals surface area contributed by atoms with Gasteiger partial charge in [-0.25, -0.2) is 4.98 Å². The average molecular weight is 530 g/mol. The van der Waals surface area contributed by atoms with E-state index < -0.39 is 0 Å². The summed E-state index contributed by atoms with van der Waals surface area (Å²) in [5.74, 6) is 1.41. The monoisotopic (exact) mass is 529 g/mol. The Balaban J connectivity index is 0.000000387. The predicted octanol–water partition coefficient (Wildman–Crippen LogP) is 6.51. The van der Waals surface area contributed by atoms with E-state index in [1.54, 1.807) is 25.3 Å². The maximum absolute atomic E-state index is 12.1. The second kappa shape index (κ2) is 14.5. The lowest BCUT2D eigenvalue weighted by Crippen LogP contribution is -2.23. The molecule has 0 aliphatic heterocycles. The minimum absolute atomic E-state index is 0.111. The van der Waals surface area contributed by atoms with Gasteiger partial charge in [0.1, 0.15) is 11.6 Å². The van der Waals surface area contributed by atoms with Crippen LogP contribution in [0.5, 0.6) is 0 Å². The number of hydrogen-bond donors (Lipinski definition) is 2. The second-order valence-electron chi connectivity index (χ2n) is 10.5. The Morgan fingerprint density at radius 1 is 1.10 bits per heavy atom. The number of aromatic nitrogens is 3. The minimum atomic E-state index is -0.189. The molecule has 2 aromatic heterocycles. The van der Waals surface area contributed by atoms with Crippen molar-refractivity contribution in [3.05, 3.63) is 77.8 Å². The summed E-state index contributed by atoms with van der Waals surface area (Å²) in [6.45, 7) is 14.7. The van der Waals surface area contributed by atoms with Crippen LogP contribution in [0.2, 0.25) is 0 Å². The second-order valence-corrected chi connectivity index (χ2v) is 10.5. The van der Waals surface area contributed by atoms with Gasteiger partial charge in [0.15, 0.2) is 0 Å². The number of H-pyrrole nitrogens is 1. The number of rotatable bonds is 11. The molecule has 3 aromatic rings. The van der Waals surface area contributed by atoms with Crippen molar-refractivity contribution in [3.8, 4) is 11.1 Å².